The van der Waals surface area contributed by atoms with E-state index in [0.29, 0.717) is 22.3 Å². The number of phenols is 4. The lowest BCUT2D eigenvalue weighted by molar-refractivity contribution is -0.308. The summed E-state index contributed by atoms with van der Waals surface area (Å²) in [4.78, 5) is 0. The predicted molar refractivity (Wildman–Crippen MR) is 325 cm³/mol. The normalized spacial score (nSPS) is 32.2. The second kappa shape index (κ2) is 34.4. The zero-order valence-electron chi connectivity index (χ0n) is 53.0. The highest BCUT2D eigenvalue weighted by molar-refractivity contribution is 5.81. The second-order valence-corrected chi connectivity index (χ2v) is 24.4. The Balaban J connectivity index is 1.22. The van der Waals surface area contributed by atoms with Crippen LogP contribution in [0.2, 0.25) is 0 Å². The van der Waals surface area contributed by atoms with Gasteiger partial charge >= 0.3 is 0 Å². The van der Waals surface area contributed by atoms with Gasteiger partial charge in [-0.2, -0.15) is 0 Å². The molecule has 4 aromatic rings. The number of aliphatic hydroxyl groups is 16. The van der Waals surface area contributed by atoms with Crippen molar-refractivity contribution in [1.82, 2.24) is 0 Å². The van der Waals surface area contributed by atoms with Crippen LogP contribution in [-0.2, 0) is 63.6 Å². The average molecular weight is 1370 g/mol. The molecule has 24 atom stereocenters. The molecule has 8 rings (SSSR count). The fourth-order valence-electron chi connectivity index (χ4n) is 12.3. The molecule has 20 N–H and O–H groups in total. The molecule has 538 valence electrons. The Morgan fingerprint density at radius 1 is 0.312 bits per heavy atom. The average Bonchev–Trinajstić information content (AvgIpc) is 0.782. The predicted octanol–water partition coefficient (Wildman–Crippen LogP) is -4.49. The minimum atomic E-state index is -1.88. The third-order valence-corrected chi connectivity index (χ3v) is 18.1. The number of methoxy groups -OCH3 is 4. The SMILES string of the molecule is COc1cc(C[C@@H](CO[C@@H]2O[C@H](CO)[C@@H](O)[C@H](O)[C@@H]2O)[C@H](CO[C@H]2O[C@H](CO)[C@@H](O)[C@H](O)[C@@H]2O)Cc2cc(OC)c(O)c(-c3cc(C[C@H](CO[C@H]4O[C@H](CO)[C@@H](O)[C@H](O)[C@@H]4O)[C@@H](CO[C@@H]4O[C@H](CO)[C@@H](O)[C@H](O)[C@@H]4O)Cc4ccc(O)c(OC)c4)cc(OC)c3O)c2)ccc1O. The van der Waals surface area contributed by atoms with Crippen LogP contribution < -0.4 is 18.9 Å². The topological polar surface area (TPSA) is 515 Å². The summed E-state index contributed by atoms with van der Waals surface area (Å²) in [6, 6.07) is 14.9. The highest BCUT2D eigenvalue weighted by Gasteiger charge is 2.49. The van der Waals surface area contributed by atoms with Gasteiger partial charge < -0.3 is 159 Å². The Morgan fingerprint density at radius 3 is 0.792 bits per heavy atom. The van der Waals surface area contributed by atoms with Gasteiger partial charge in [0.25, 0.3) is 0 Å². The first-order valence-corrected chi connectivity index (χ1v) is 31.0. The number of aliphatic hydroxyl groups excluding tert-OH is 16. The van der Waals surface area contributed by atoms with Gasteiger partial charge in [0.05, 0.1) is 81.3 Å². The maximum absolute atomic E-state index is 12.2. The van der Waals surface area contributed by atoms with Gasteiger partial charge in [-0.15, -0.1) is 0 Å². The molecule has 0 bridgehead atoms. The fraction of sp³-hybridized carbons (Fsp3) is 0.625. The molecular formula is C64H90O32. The molecule has 0 radical (unpaired) electrons. The van der Waals surface area contributed by atoms with Gasteiger partial charge in [0.2, 0.25) is 0 Å². The van der Waals surface area contributed by atoms with E-state index in [4.69, 9.17) is 56.8 Å². The lowest BCUT2D eigenvalue weighted by Gasteiger charge is -2.41. The van der Waals surface area contributed by atoms with Crippen molar-refractivity contribution >= 4 is 0 Å². The van der Waals surface area contributed by atoms with Gasteiger partial charge in [0, 0.05) is 11.1 Å². The van der Waals surface area contributed by atoms with E-state index in [0.717, 1.165) is 0 Å². The van der Waals surface area contributed by atoms with Crippen molar-refractivity contribution in [3.63, 3.8) is 0 Å². The lowest BCUT2D eigenvalue weighted by atomic mass is 9.82. The molecule has 0 saturated carbocycles. The van der Waals surface area contributed by atoms with Gasteiger partial charge in [0.1, 0.15) is 97.7 Å². The van der Waals surface area contributed by atoms with Crippen molar-refractivity contribution in [3.8, 4) is 57.1 Å². The zero-order valence-corrected chi connectivity index (χ0v) is 53.0. The molecule has 0 amide bonds. The molecule has 4 aliphatic rings. The van der Waals surface area contributed by atoms with Crippen molar-refractivity contribution in [2.75, 3.05) is 81.3 Å². The molecule has 0 unspecified atom stereocenters. The van der Waals surface area contributed by atoms with Crippen LogP contribution in [0.15, 0.2) is 60.7 Å². The molecule has 32 heteroatoms. The van der Waals surface area contributed by atoms with Crippen LogP contribution in [0.1, 0.15) is 22.3 Å². The summed E-state index contributed by atoms with van der Waals surface area (Å²) < 4.78 is 70.1. The minimum Gasteiger partial charge on any atom is -0.504 e. The Labute approximate surface area is 550 Å². The molecule has 4 heterocycles. The summed E-state index contributed by atoms with van der Waals surface area (Å²) in [5.41, 5.74) is 1.52. The van der Waals surface area contributed by atoms with Crippen LogP contribution >= 0.6 is 0 Å². The zero-order chi connectivity index (χ0) is 70.0. The summed E-state index contributed by atoms with van der Waals surface area (Å²) in [5, 5.41) is 216. The van der Waals surface area contributed by atoms with Crippen molar-refractivity contribution in [2.24, 2.45) is 23.7 Å². The van der Waals surface area contributed by atoms with E-state index in [2.05, 4.69) is 0 Å². The Kier molecular flexibility index (Phi) is 27.3. The van der Waals surface area contributed by atoms with Crippen LogP contribution in [-0.4, -0.2) is 306 Å². The fourth-order valence-corrected chi connectivity index (χ4v) is 12.3. The van der Waals surface area contributed by atoms with Gasteiger partial charge in [-0.1, -0.05) is 12.1 Å². The molecular weight excluding hydrogens is 1280 g/mol. The highest BCUT2D eigenvalue weighted by Crippen LogP contribution is 2.47. The minimum absolute atomic E-state index is 0.00891. The third kappa shape index (κ3) is 17.5. The van der Waals surface area contributed by atoms with Crippen molar-refractivity contribution in [2.45, 2.75) is 149 Å². The second-order valence-electron chi connectivity index (χ2n) is 24.4. The van der Waals surface area contributed by atoms with E-state index in [1.165, 1.54) is 77.0 Å². The molecule has 4 fully saturated rings. The summed E-state index contributed by atoms with van der Waals surface area (Å²) >= 11 is 0. The van der Waals surface area contributed by atoms with Crippen molar-refractivity contribution in [1.29, 1.82) is 0 Å². The molecule has 96 heavy (non-hydrogen) atoms. The number of hydrogen-bond acceptors (Lipinski definition) is 32. The summed E-state index contributed by atoms with van der Waals surface area (Å²) in [5.74, 6) is -5.18. The standard InChI is InChI=1S/C64H90O32/c1-85-39-15-27(5-7-37(39)69)9-31(23-89-61-57(81)53(77)49(73)43(19-65)93-61)33(25-91-63-59(83)55(79)51(75)45(21-67)95-63)11-29-13-35(47(71)41(17-29)87-3)36-14-30(18-42(88-4)48(36)72)12-34(26-92-64-60(84)56(80)52(76)46(22-68)96-64)32(10-28-6-8-38(70)40(16-28)86-2)24-90-62-58(82)54(78)50(74)44(20-66)94-62/h5-8,13-18,31-34,43-46,49-84H,9-12,19-26H2,1-4H3/t31-,32+,33-,34+,43-,44-,45-,46-,49-,50-,51-,52-,53+,54+,55+,56+,57+,58+,59+,60+,61-,62-,63+,64+/m1/s1. The molecule has 4 aromatic carbocycles. The maximum atomic E-state index is 12.2. The first kappa shape index (κ1) is 76.1. The first-order valence-electron chi connectivity index (χ1n) is 31.0. The summed E-state index contributed by atoms with van der Waals surface area (Å²) in [7, 11) is 5.17. The quantitative estimate of drug-likeness (QED) is 0.0226. The Morgan fingerprint density at radius 2 is 0.552 bits per heavy atom. The van der Waals surface area contributed by atoms with Gasteiger partial charge in [0.15, 0.2) is 71.2 Å². The number of rotatable bonds is 31. The van der Waals surface area contributed by atoms with Gasteiger partial charge in [-0.05, 0) is 120 Å². The summed E-state index contributed by atoms with van der Waals surface area (Å²) in [6.07, 6.45) is -34.3. The van der Waals surface area contributed by atoms with Crippen molar-refractivity contribution in [3.05, 3.63) is 82.9 Å². The number of aromatic hydroxyl groups is 4. The number of hydrogen-bond donors (Lipinski definition) is 20. The van der Waals surface area contributed by atoms with Crippen LogP contribution in [0, 0.1) is 23.7 Å². The summed E-state index contributed by atoms with van der Waals surface area (Å²) in [6.45, 7) is -4.82. The maximum Gasteiger partial charge on any atom is 0.186 e. The van der Waals surface area contributed by atoms with Gasteiger partial charge in [-0.3, -0.25) is 0 Å². The largest absolute Gasteiger partial charge is 0.504 e. The monoisotopic (exact) mass is 1370 g/mol. The van der Waals surface area contributed by atoms with Gasteiger partial charge in [-0.25, -0.2) is 0 Å². The number of benzene rings is 4. The highest BCUT2D eigenvalue weighted by atomic mass is 16.7. The molecule has 0 aromatic heterocycles. The molecule has 32 nitrogen and oxygen atoms in total. The smallest absolute Gasteiger partial charge is 0.186 e. The third-order valence-electron chi connectivity index (χ3n) is 18.1. The first-order chi connectivity index (χ1) is 45.8. The molecule has 0 aliphatic carbocycles. The Bertz CT molecular complexity index is 2880. The van der Waals surface area contributed by atoms with Crippen molar-refractivity contribution < 1.29 is 159 Å². The molecule has 4 saturated heterocycles. The number of phenolic OH excluding ortho intramolecular Hbond substituents is 4. The van der Waals surface area contributed by atoms with E-state index < -0.39 is 211 Å². The number of ether oxygens (including phenoxy) is 12. The van der Waals surface area contributed by atoms with E-state index in [1.807, 2.05) is 0 Å². The molecule has 4 aliphatic heterocycles. The lowest BCUT2D eigenvalue weighted by Crippen LogP contribution is -2.59. The van der Waals surface area contributed by atoms with E-state index in [9.17, 15) is 102 Å². The van der Waals surface area contributed by atoms with E-state index >= 15 is 0 Å². The van der Waals surface area contributed by atoms with E-state index in [-0.39, 0.29) is 71.3 Å². The van der Waals surface area contributed by atoms with Crippen LogP contribution in [0.3, 0.4) is 0 Å². The van der Waals surface area contributed by atoms with Crippen LogP contribution in [0.4, 0.5) is 0 Å². The van der Waals surface area contributed by atoms with Crippen LogP contribution in [0.25, 0.3) is 11.1 Å². The van der Waals surface area contributed by atoms with E-state index in [1.54, 1.807) is 12.1 Å². The van der Waals surface area contributed by atoms with Crippen LogP contribution in [0.5, 0.6) is 46.0 Å². The Hall–Kier alpha value is -5.68. The molecule has 0 spiro atoms.